The van der Waals surface area contributed by atoms with Gasteiger partial charge in [-0.2, -0.15) is 0 Å². The van der Waals surface area contributed by atoms with Crippen molar-refractivity contribution in [2.24, 2.45) is 5.14 Å². The maximum Gasteiger partial charge on any atom is 0.137 e. The number of likely N-dealkylation sites (N-methyl/N-ethyl adjacent to an activating group) is 1. The second kappa shape index (κ2) is 6.28. The molecule has 2 N–H and O–H groups in total. The van der Waals surface area contributed by atoms with E-state index in [1.54, 1.807) is 11.3 Å². The standard InChI is InChI=1S/C12H16N4S2.ClH/c1-15-4-6-16(7-5-15)12-9-8-11(18-13)17-10(9)2-3-14-12;/h2-3,8H,4-7,13H2,1H3;1H. The number of fused-ring (bicyclic) bond motifs is 1. The highest BCUT2D eigenvalue weighted by molar-refractivity contribution is 7.99. The minimum absolute atomic E-state index is 0. The van der Waals surface area contributed by atoms with Gasteiger partial charge in [-0.15, -0.1) is 23.7 Å². The van der Waals surface area contributed by atoms with Gasteiger partial charge in [0, 0.05) is 42.5 Å². The van der Waals surface area contributed by atoms with Crippen molar-refractivity contribution >= 4 is 51.6 Å². The van der Waals surface area contributed by atoms with E-state index >= 15 is 0 Å². The number of nitrogens with two attached hydrogens (primary N) is 1. The molecule has 3 rings (SSSR count). The summed E-state index contributed by atoms with van der Waals surface area (Å²) < 4.78 is 2.42. The predicted molar refractivity (Wildman–Crippen MR) is 86.6 cm³/mol. The Bertz CT molecular complexity index is 552. The smallest absolute Gasteiger partial charge is 0.137 e. The van der Waals surface area contributed by atoms with Crippen LogP contribution in [-0.2, 0) is 0 Å². The molecule has 0 aromatic carbocycles. The summed E-state index contributed by atoms with van der Waals surface area (Å²) in [5.74, 6) is 1.11. The second-order valence-electron chi connectivity index (χ2n) is 4.52. The lowest BCUT2D eigenvalue weighted by molar-refractivity contribution is 0.312. The van der Waals surface area contributed by atoms with Crippen LogP contribution in [-0.4, -0.2) is 43.1 Å². The number of hydrogen-bond donors (Lipinski definition) is 1. The number of nitrogens with zero attached hydrogens (tertiary/aromatic N) is 3. The molecular weight excluding hydrogens is 300 g/mol. The van der Waals surface area contributed by atoms with Crippen molar-refractivity contribution in [1.82, 2.24) is 9.88 Å². The zero-order valence-corrected chi connectivity index (χ0v) is 13.2. The molecule has 1 aliphatic rings. The highest BCUT2D eigenvalue weighted by Gasteiger charge is 2.18. The van der Waals surface area contributed by atoms with Crippen LogP contribution < -0.4 is 10.0 Å². The summed E-state index contributed by atoms with van der Waals surface area (Å²) in [7, 11) is 2.17. The highest BCUT2D eigenvalue weighted by Crippen LogP contribution is 2.35. The van der Waals surface area contributed by atoms with Crippen molar-refractivity contribution in [2.75, 3.05) is 38.1 Å². The fourth-order valence-corrected chi connectivity index (χ4v) is 3.68. The number of hydrogen-bond acceptors (Lipinski definition) is 6. The fourth-order valence-electron chi connectivity index (χ4n) is 2.25. The molecule has 1 aliphatic heterocycles. The Morgan fingerprint density at radius 1 is 1.32 bits per heavy atom. The van der Waals surface area contributed by atoms with Crippen LogP contribution in [0.5, 0.6) is 0 Å². The lowest BCUT2D eigenvalue weighted by Gasteiger charge is -2.33. The maximum atomic E-state index is 5.65. The molecule has 0 bridgehead atoms. The van der Waals surface area contributed by atoms with Crippen molar-refractivity contribution in [2.45, 2.75) is 4.21 Å². The van der Waals surface area contributed by atoms with Crippen LogP contribution in [0.25, 0.3) is 10.1 Å². The molecule has 1 fully saturated rings. The first-order valence-electron chi connectivity index (χ1n) is 5.96. The van der Waals surface area contributed by atoms with Gasteiger partial charge in [0.05, 0.1) is 4.21 Å². The van der Waals surface area contributed by atoms with E-state index in [-0.39, 0.29) is 12.4 Å². The van der Waals surface area contributed by atoms with E-state index in [1.165, 1.54) is 22.0 Å². The molecule has 0 spiro atoms. The molecule has 104 valence electrons. The summed E-state index contributed by atoms with van der Waals surface area (Å²) in [6.45, 7) is 4.29. The normalized spacial score (nSPS) is 16.6. The molecule has 4 nitrogen and oxygen atoms in total. The molecule has 19 heavy (non-hydrogen) atoms. The van der Waals surface area contributed by atoms with E-state index in [0.29, 0.717) is 0 Å². The summed E-state index contributed by atoms with van der Waals surface area (Å²) in [5, 5.41) is 6.88. The monoisotopic (exact) mass is 316 g/mol. The van der Waals surface area contributed by atoms with Gasteiger partial charge < -0.3 is 9.80 Å². The SMILES string of the molecule is CN1CCN(c2nccc3sc(SN)cc23)CC1.Cl. The molecule has 3 heterocycles. The van der Waals surface area contributed by atoms with Crippen molar-refractivity contribution in [3.05, 3.63) is 18.3 Å². The Labute approximate surface area is 127 Å². The number of piperazine rings is 1. The number of halogens is 1. The molecule has 7 heteroatoms. The van der Waals surface area contributed by atoms with Crippen molar-refractivity contribution in [3.8, 4) is 0 Å². The Morgan fingerprint density at radius 3 is 2.74 bits per heavy atom. The van der Waals surface area contributed by atoms with Gasteiger partial charge in [0.2, 0.25) is 0 Å². The first-order chi connectivity index (χ1) is 8.78. The van der Waals surface area contributed by atoms with Crippen molar-refractivity contribution in [1.29, 1.82) is 0 Å². The molecule has 2 aromatic heterocycles. The third kappa shape index (κ3) is 2.98. The topological polar surface area (TPSA) is 45.4 Å². The van der Waals surface area contributed by atoms with Crippen LogP contribution in [0.2, 0.25) is 0 Å². The van der Waals surface area contributed by atoms with Gasteiger partial charge in [0.25, 0.3) is 0 Å². The Hall–Kier alpha value is -0.530. The summed E-state index contributed by atoms with van der Waals surface area (Å²) in [6, 6.07) is 4.23. The lowest BCUT2D eigenvalue weighted by Crippen LogP contribution is -2.44. The zero-order valence-electron chi connectivity index (χ0n) is 10.7. The number of pyridine rings is 1. The van der Waals surface area contributed by atoms with E-state index in [0.717, 1.165) is 36.2 Å². The van der Waals surface area contributed by atoms with Crippen molar-refractivity contribution < 1.29 is 0 Å². The highest BCUT2D eigenvalue weighted by atomic mass is 35.5. The Kier molecular flexibility index (Phi) is 4.92. The van der Waals surface area contributed by atoms with E-state index in [2.05, 4.69) is 34.0 Å². The zero-order chi connectivity index (χ0) is 12.5. The Balaban J connectivity index is 0.00000133. The molecule has 1 saturated heterocycles. The second-order valence-corrected chi connectivity index (χ2v) is 6.54. The first kappa shape index (κ1) is 14.9. The molecule has 0 saturated carbocycles. The van der Waals surface area contributed by atoms with Crippen LogP contribution in [0.1, 0.15) is 0 Å². The minimum Gasteiger partial charge on any atom is -0.354 e. The molecule has 0 radical (unpaired) electrons. The van der Waals surface area contributed by atoms with E-state index in [9.17, 15) is 0 Å². The lowest BCUT2D eigenvalue weighted by atomic mass is 10.2. The summed E-state index contributed by atoms with van der Waals surface area (Å²) in [4.78, 5) is 9.29. The number of aromatic nitrogens is 1. The minimum atomic E-state index is 0. The molecular formula is C12H17ClN4S2. The van der Waals surface area contributed by atoms with Gasteiger partial charge in [-0.1, -0.05) is 0 Å². The largest absolute Gasteiger partial charge is 0.354 e. The van der Waals surface area contributed by atoms with Gasteiger partial charge in [-0.25, -0.2) is 4.98 Å². The third-order valence-electron chi connectivity index (χ3n) is 3.32. The van der Waals surface area contributed by atoms with Crippen LogP contribution in [0.3, 0.4) is 0 Å². The third-order valence-corrected chi connectivity index (χ3v) is 5.10. The van der Waals surface area contributed by atoms with Gasteiger partial charge in [0.15, 0.2) is 0 Å². The van der Waals surface area contributed by atoms with Gasteiger partial charge in [0.1, 0.15) is 5.82 Å². The molecule has 0 atom stereocenters. The number of thiophene rings is 1. The molecule has 2 aromatic rings. The van der Waals surface area contributed by atoms with Gasteiger partial charge in [-0.3, -0.25) is 5.14 Å². The van der Waals surface area contributed by atoms with Gasteiger partial charge in [-0.05, 0) is 31.1 Å². The molecule has 0 amide bonds. The van der Waals surface area contributed by atoms with Gasteiger partial charge >= 0.3 is 0 Å². The van der Waals surface area contributed by atoms with Crippen LogP contribution in [0, 0.1) is 0 Å². The van der Waals surface area contributed by atoms with Crippen LogP contribution in [0.4, 0.5) is 5.82 Å². The number of rotatable bonds is 2. The van der Waals surface area contributed by atoms with E-state index < -0.39 is 0 Å². The average molecular weight is 317 g/mol. The summed E-state index contributed by atoms with van der Waals surface area (Å²) in [6.07, 6.45) is 1.90. The first-order valence-corrected chi connectivity index (χ1v) is 7.66. The van der Waals surface area contributed by atoms with Crippen LogP contribution in [0.15, 0.2) is 22.5 Å². The molecule has 0 unspecified atom stereocenters. The van der Waals surface area contributed by atoms with Crippen LogP contribution >= 0.6 is 35.7 Å². The number of anilines is 1. The quantitative estimate of drug-likeness (QED) is 0.862. The maximum absolute atomic E-state index is 5.65. The summed E-state index contributed by atoms with van der Waals surface area (Å²) >= 11 is 3.05. The average Bonchev–Trinajstić information content (AvgIpc) is 2.82. The predicted octanol–water partition coefficient (Wildman–Crippen LogP) is 2.44. The fraction of sp³-hybridized carbons (Fsp3) is 0.417. The Morgan fingerprint density at radius 2 is 2.05 bits per heavy atom. The van der Waals surface area contributed by atoms with E-state index in [1.807, 2.05) is 6.20 Å². The van der Waals surface area contributed by atoms with Crippen molar-refractivity contribution in [3.63, 3.8) is 0 Å². The van der Waals surface area contributed by atoms with E-state index in [4.69, 9.17) is 5.14 Å². The molecule has 0 aliphatic carbocycles. The summed E-state index contributed by atoms with van der Waals surface area (Å²) in [5.41, 5.74) is 0.